The fourth-order valence-electron chi connectivity index (χ4n) is 1.75. The van der Waals surface area contributed by atoms with Crippen LogP contribution in [0.25, 0.3) is 0 Å². The first-order valence-electron chi connectivity index (χ1n) is 6.75. The molecule has 8 heteroatoms. The summed E-state index contributed by atoms with van der Waals surface area (Å²) < 4.78 is 0. The monoisotopic (exact) mass is 315 g/mol. The molecule has 7 nitrogen and oxygen atoms in total. The van der Waals surface area contributed by atoms with Gasteiger partial charge < -0.3 is 20.4 Å². The van der Waals surface area contributed by atoms with Crippen LogP contribution in [0.2, 0.25) is 0 Å². The van der Waals surface area contributed by atoms with Gasteiger partial charge >= 0.3 is 12.0 Å². The number of unbranched alkanes of at least 4 members (excludes halogenated alkanes) is 2. The maximum Gasteiger partial charge on any atom is 0.347 e. The molecule has 1 aromatic rings. The number of nitrogens with zero attached hydrogens (tertiary/aromatic N) is 2. The molecule has 0 bridgehead atoms. The van der Waals surface area contributed by atoms with E-state index in [0.717, 1.165) is 30.6 Å². The normalized spacial score (nSPS) is 10.4. The summed E-state index contributed by atoms with van der Waals surface area (Å²) in [5, 5.41) is 20.9. The van der Waals surface area contributed by atoms with Crippen LogP contribution in [0.3, 0.4) is 0 Å². The number of carbonyl (C=O) groups is 2. The van der Waals surface area contributed by atoms with E-state index in [4.69, 9.17) is 10.2 Å². The predicted octanol–water partition coefficient (Wildman–Crippen LogP) is 1.45. The Morgan fingerprint density at radius 1 is 1.33 bits per heavy atom. The fourth-order valence-corrected chi connectivity index (χ4v) is 2.59. The van der Waals surface area contributed by atoms with Gasteiger partial charge in [-0.3, -0.25) is 0 Å². The van der Waals surface area contributed by atoms with Crippen LogP contribution in [0, 0.1) is 6.92 Å². The van der Waals surface area contributed by atoms with Gasteiger partial charge in [-0.15, -0.1) is 11.3 Å². The number of carboxylic acids is 1. The lowest BCUT2D eigenvalue weighted by Crippen LogP contribution is -2.37. The number of carbonyl (C=O) groups excluding carboxylic acids is 1. The number of rotatable bonds is 8. The highest BCUT2D eigenvalue weighted by molar-refractivity contribution is 7.13. The molecule has 21 heavy (non-hydrogen) atoms. The third-order valence-corrected chi connectivity index (χ3v) is 4.07. The Bertz CT molecular complexity index is 490. The molecule has 0 aliphatic heterocycles. The molecule has 2 amide bonds. The molecule has 0 aliphatic carbocycles. The van der Waals surface area contributed by atoms with Crippen molar-refractivity contribution in [2.75, 3.05) is 20.2 Å². The summed E-state index contributed by atoms with van der Waals surface area (Å²) >= 11 is 1.07. The Hall–Kier alpha value is -1.67. The first kappa shape index (κ1) is 17.4. The lowest BCUT2D eigenvalue weighted by Gasteiger charge is -2.17. The lowest BCUT2D eigenvalue weighted by molar-refractivity contribution is 0.0701. The predicted molar refractivity (Wildman–Crippen MR) is 79.6 cm³/mol. The molecular weight excluding hydrogens is 294 g/mol. The quantitative estimate of drug-likeness (QED) is 0.630. The number of nitrogens with one attached hydrogen (secondary N) is 1. The van der Waals surface area contributed by atoms with Crippen molar-refractivity contribution in [2.45, 2.75) is 32.7 Å². The van der Waals surface area contributed by atoms with E-state index in [-0.39, 0.29) is 24.1 Å². The minimum absolute atomic E-state index is 0.172. The maximum atomic E-state index is 11.8. The lowest BCUT2D eigenvalue weighted by atomic mass is 10.2. The van der Waals surface area contributed by atoms with Gasteiger partial charge in [0.15, 0.2) is 0 Å². The smallest absolute Gasteiger partial charge is 0.347 e. The van der Waals surface area contributed by atoms with Crippen LogP contribution in [-0.4, -0.2) is 52.3 Å². The number of aliphatic hydroxyl groups is 1. The number of carboxylic acid groups (broad SMARTS) is 1. The Labute approximate surface area is 127 Å². The number of urea groups is 1. The van der Waals surface area contributed by atoms with Crippen molar-refractivity contribution in [3.8, 4) is 0 Å². The van der Waals surface area contributed by atoms with Gasteiger partial charge in [-0.1, -0.05) is 0 Å². The molecule has 0 fully saturated rings. The number of aryl methyl sites for hydroxylation is 1. The van der Waals surface area contributed by atoms with E-state index in [9.17, 15) is 9.59 Å². The molecule has 1 heterocycles. The molecular formula is C13H21N3O4S. The van der Waals surface area contributed by atoms with Crippen LogP contribution in [0.4, 0.5) is 4.79 Å². The number of aliphatic hydroxyl groups excluding tert-OH is 1. The first-order chi connectivity index (χ1) is 9.95. The van der Waals surface area contributed by atoms with Crippen molar-refractivity contribution in [2.24, 2.45) is 0 Å². The molecule has 1 aromatic heterocycles. The van der Waals surface area contributed by atoms with Crippen LogP contribution in [0.5, 0.6) is 0 Å². The zero-order valence-corrected chi connectivity index (χ0v) is 13.1. The highest BCUT2D eigenvalue weighted by Crippen LogP contribution is 2.17. The van der Waals surface area contributed by atoms with Crippen molar-refractivity contribution in [3.05, 3.63) is 15.6 Å². The summed E-state index contributed by atoms with van der Waals surface area (Å²) in [6, 6.07) is -0.219. The van der Waals surface area contributed by atoms with Crippen molar-refractivity contribution >= 4 is 23.3 Å². The second-order valence-corrected chi connectivity index (χ2v) is 5.78. The zero-order valence-electron chi connectivity index (χ0n) is 12.3. The van der Waals surface area contributed by atoms with Crippen molar-refractivity contribution in [1.82, 2.24) is 15.2 Å². The average Bonchev–Trinajstić information content (AvgIpc) is 2.82. The molecule has 0 saturated heterocycles. The summed E-state index contributed by atoms with van der Waals surface area (Å²) in [6.45, 7) is 2.64. The van der Waals surface area contributed by atoms with Gasteiger partial charge in [0.1, 0.15) is 9.88 Å². The molecule has 0 aromatic carbocycles. The van der Waals surface area contributed by atoms with Crippen LogP contribution >= 0.6 is 11.3 Å². The Kier molecular flexibility index (Phi) is 7.10. The summed E-state index contributed by atoms with van der Waals surface area (Å²) in [5.41, 5.74) is 0.467. The summed E-state index contributed by atoms with van der Waals surface area (Å²) in [7, 11) is 1.70. The van der Waals surface area contributed by atoms with Gasteiger partial charge in [0.2, 0.25) is 0 Å². The second-order valence-electron chi connectivity index (χ2n) is 4.69. The van der Waals surface area contributed by atoms with E-state index >= 15 is 0 Å². The highest BCUT2D eigenvalue weighted by Gasteiger charge is 2.15. The molecule has 1 rings (SSSR count). The van der Waals surface area contributed by atoms with E-state index in [1.165, 1.54) is 0 Å². The molecule has 0 aliphatic rings. The summed E-state index contributed by atoms with van der Waals surface area (Å²) in [6.07, 6.45) is 2.46. The number of thiazole rings is 1. The summed E-state index contributed by atoms with van der Waals surface area (Å²) in [4.78, 5) is 28.6. The molecule has 0 saturated carbocycles. The third kappa shape index (κ3) is 5.68. The topological polar surface area (TPSA) is 103 Å². The first-order valence-corrected chi connectivity index (χ1v) is 7.56. The molecule has 0 atom stereocenters. The minimum Gasteiger partial charge on any atom is -0.477 e. The number of aromatic carboxylic acids is 1. The van der Waals surface area contributed by atoms with Gasteiger partial charge in [0, 0.05) is 20.2 Å². The average molecular weight is 315 g/mol. The standard InChI is InChI=1S/C13H21N3O4S/c1-9-11(12(18)19)21-10(15-9)8-14-13(20)16(2)6-4-3-5-7-17/h17H,3-8H2,1-2H3,(H,14,20)(H,18,19). The largest absolute Gasteiger partial charge is 0.477 e. The zero-order chi connectivity index (χ0) is 15.8. The van der Waals surface area contributed by atoms with Crippen LogP contribution in [-0.2, 0) is 6.54 Å². The van der Waals surface area contributed by atoms with E-state index in [2.05, 4.69) is 10.3 Å². The maximum absolute atomic E-state index is 11.8. The minimum atomic E-state index is -0.997. The van der Waals surface area contributed by atoms with Crippen LogP contribution in [0.15, 0.2) is 0 Å². The van der Waals surface area contributed by atoms with E-state index in [0.29, 0.717) is 17.2 Å². The number of hydrogen-bond donors (Lipinski definition) is 3. The van der Waals surface area contributed by atoms with Crippen LogP contribution in [0.1, 0.15) is 39.6 Å². The summed E-state index contributed by atoms with van der Waals surface area (Å²) in [5.74, 6) is -0.997. The number of amides is 2. The van der Waals surface area contributed by atoms with Crippen molar-refractivity contribution in [3.63, 3.8) is 0 Å². The highest BCUT2D eigenvalue weighted by atomic mass is 32.1. The third-order valence-electron chi connectivity index (χ3n) is 2.92. The Morgan fingerprint density at radius 3 is 2.62 bits per heavy atom. The van der Waals surface area contributed by atoms with Crippen molar-refractivity contribution < 1.29 is 19.8 Å². The Morgan fingerprint density at radius 2 is 2.05 bits per heavy atom. The molecule has 118 valence electrons. The van der Waals surface area contributed by atoms with Gasteiger partial charge in [0.25, 0.3) is 0 Å². The van der Waals surface area contributed by atoms with E-state index in [1.54, 1.807) is 18.9 Å². The van der Waals surface area contributed by atoms with Gasteiger partial charge in [0.05, 0.1) is 12.2 Å². The molecule has 0 radical (unpaired) electrons. The van der Waals surface area contributed by atoms with E-state index < -0.39 is 5.97 Å². The number of hydrogen-bond acceptors (Lipinski definition) is 5. The van der Waals surface area contributed by atoms with Gasteiger partial charge in [-0.2, -0.15) is 0 Å². The molecule has 0 unspecified atom stereocenters. The van der Waals surface area contributed by atoms with Gasteiger partial charge in [-0.25, -0.2) is 14.6 Å². The van der Waals surface area contributed by atoms with Crippen LogP contribution < -0.4 is 5.32 Å². The molecule has 3 N–H and O–H groups in total. The van der Waals surface area contributed by atoms with E-state index in [1.807, 2.05) is 0 Å². The van der Waals surface area contributed by atoms with Crippen molar-refractivity contribution in [1.29, 1.82) is 0 Å². The SMILES string of the molecule is Cc1nc(CNC(=O)N(C)CCCCCO)sc1C(=O)O. The second kappa shape index (κ2) is 8.58. The fraction of sp³-hybridized carbons (Fsp3) is 0.615. The van der Waals surface area contributed by atoms with Gasteiger partial charge in [-0.05, 0) is 26.2 Å². The Balaban J connectivity index is 2.38. The molecule has 0 spiro atoms. The number of aromatic nitrogens is 1.